The van der Waals surface area contributed by atoms with Crippen molar-refractivity contribution in [1.29, 1.82) is 0 Å². The molecule has 3 N–H and O–H groups in total. The summed E-state index contributed by atoms with van der Waals surface area (Å²) in [5, 5.41) is 12.3. The quantitative estimate of drug-likeness (QED) is 0.632. The third kappa shape index (κ3) is 5.49. The molecule has 0 amide bonds. The number of carbonyl (C=O) groups is 1. The zero-order chi connectivity index (χ0) is 17.6. The standard InChI is InChI=1S/C15H24N2O5S/c1-5-10(2)17-23(20,21)12-6-7-14(13(8-12)15(18)19)16-11(3)9-22-4/h6-8,10-11,16-17H,5,9H2,1-4H3,(H,18,19)/t10-,11-/m0/s1. The molecular weight excluding hydrogens is 320 g/mol. The van der Waals surface area contributed by atoms with Crippen LogP contribution < -0.4 is 10.0 Å². The number of carboxylic acid groups (broad SMARTS) is 1. The number of sulfonamides is 1. The predicted octanol–water partition coefficient (Wildman–Crippen LogP) is 1.91. The average Bonchev–Trinajstić information content (AvgIpc) is 2.46. The number of benzene rings is 1. The fraction of sp³-hybridized carbons (Fsp3) is 0.533. The van der Waals surface area contributed by atoms with E-state index >= 15 is 0 Å². The van der Waals surface area contributed by atoms with Gasteiger partial charge in [0.15, 0.2) is 0 Å². The van der Waals surface area contributed by atoms with Crippen LogP contribution in [0.2, 0.25) is 0 Å². The van der Waals surface area contributed by atoms with Crippen molar-refractivity contribution in [3.63, 3.8) is 0 Å². The molecule has 0 saturated carbocycles. The third-order valence-electron chi connectivity index (χ3n) is 3.32. The fourth-order valence-corrected chi connectivity index (χ4v) is 3.32. The molecule has 0 aliphatic heterocycles. The van der Waals surface area contributed by atoms with E-state index in [9.17, 15) is 18.3 Å². The van der Waals surface area contributed by atoms with Crippen LogP contribution in [0.15, 0.2) is 23.1 Å². The highest BCUT2D eigenvalue weighted by atomic mass is 32.2. The van der Waals surface area contributed by atoms with E-state index < -0.39 is 16.0 Å². The van der Waals surface area contributed by atoms with Crippen LogP contribution in [0.4, 0.5) is 5.69 Å². The second-order valence-corrected chi connectivity index (χ2v) is 7.16. The van der Waals surface area contributed by atoms with E-state index in [-0.39, 0.29) is 22.5 Å². The molecule has 2 atom stereocenters. The van der Waals surface area contributed by atoms with Crippen LogP contribution in [0.5, 0.6) is 0 Å². The molecule has 7 nitrogen and oxygen atoms in total. The molecule has 130 valence electrons. The van der Waals surface area contributed by atoms with Crippen LogP contribution in [0.1, 0.15) is 37.6 Å². The lowest BCUT2D eigenvalue weighted by molar-refractivity contribution is 0.0697. The summed E-state index contributed by atoms with van der Waals surface area (Å²) in [6, 6.07) is 3.67. The Morgan fingerprint density at radius 3 is 2.48 bits per heavy atom. The fourth-order valence-electron chi connectivity index (χ4n) is 1.97. The van der Waals surface area contributed by atoms with Gasteiger partial charge in [0.1, 0.15) is 0 Å². The first-order valence-electron chi connectivity index (χ1n) is 7.36. The lowest BCUT2D eigenvalue weighted by Crippen LogP contribution is -2.32. The Labute approximate surface area is 137 Å². The highest BCUT2D eigenvalue weighted by Gasteiger charge is 2.21. The zero-order valence-corrected chi connectivity index (χ0v) is 14.6. The summed E-state index contributed by atoms with van der Waals surface area (Å²) in [6.07, 6.45) is 0.638. The number of ether oxygens (including phenoxy) is 1. The molecule has 0 bridgehead atoms. The molecule has 0 saturated heterocycles. The Morgan fingerprint density at radius 1 is 1.30 bits per heavy atom. The minimum atomic E-state index is -3.75. The Hall–Kier alpha value is -1.64. The van der Waals surface area contributed by atoms with Gasteiger partial charge in [-0.15, -0.1) is 0 Å². The molecule has 1 rings (SSSR count). The largest absolute Gasteiger partial charge is 0.478 e. The van der Waals surface area contributed by atoms with Gasteiger partial charge < -0.3 is 15.2 Å². The van der Waals surface area contributed by atoms with Crippen molar-refractivity contribution in [3.8, 4) is 0 Å². The molecule has 8 heteroatoms. The van der Waals surface area contributed by atoms with Gasteiger partial charge in [0.05, 0.1) is 17.1 Å². The zero-order valence-electron chi connectivity index (χ0n) is 13.8. The number of anilines is 1. The van der Waals surface area contributed by atoms with Crippen molar-refractivity contribution in [2.24, 2.45) is 0 Å². The summed E-state index contributed by atoms with van der Waals surface area (Å²) < 4.78 is 32.0. The predicted molar refractivity (Wildman–Crippen MR) is 88.4 cm³/mol. The first kappa shape index (κ1) is 19.4. The number of methoxy groups -OCH3 is 1. The van der Waals surface area contributed by atoms with Gasteiger partial charge in [-0.25, -0.2) is 17.9 Å². The Morgan fingerprint density at radius 2 is 1.96 bits per heavy atom. The summed E-state index contributed by atoms with van der Waals surface area (Å²) in [5.74, 6) is -1.20. The van der Waals surface area contributed by atoms with Crippen LogP contribution in [0.3, 0.4) is 0 Å². The number of rotatable bonds is 9. The van der Waals surface area contributed by atoms with E-state index in [4.69, 9.17) is 4.74 Å². The molecule has 0 heterocycles. The second kappa shape index (κ2) is 8.28. The number of nitrogens with one attached hydrogen (secondary N) is 2. The maximum absolute atomic E-state index is 12.3. The first-order chi connectivity index (χ1) is 10.7. The number of aromatic carboxylic acids is 1. The van der Waals surface area contributed by atoms with Crippen molar-refractivity contribution in [2.45, 2.75) is 44.2 Å². The van der Waals surface area contributed by atoms with Gasteiger partial charge >= 0.3 is 5.97 Å². The molecule has 0 unspecified atom stereocenters. The molecule has 23 heavy (non-hydrogen) atoms. The smallest absolute Gasteiger partial charge is 0.337 e. The SMILES string of the molecule is CC[C@H](C)NS(=O)(=O)c1ccc(N[C@@H](C)COC)c(C(=O)O)c1. The maximum atomic E-state index is 12.3. The van der Waals surface area contributed by atoms with Gasteiger partial charge in [-0.3, -0.25) is 0 Å². The summed E-state index contributed by atoms with van der Waals surface area (Å²) in [6.45, 7) is 5.84. The van der Waals surface area contributed by atoms with E-state index in [0.717, 1.165) is 6.07 Å². The summed E-state index contributed by atoms with van der Waals surface area (Å²) in [7, 11) is -2.20. The van der Waals surface area contributed by atoms with Gasteiger partial charge in [0.2, 0.25) is 10.0 Å². The summed E-state index contributed by atoms with van der Waals surface area (Å²) >= 11 is 0. The topological polar surface area (TPSA) is 105 Å². The molecule has 0 aliphatic carbocycles. The molecule has 0 aliphatic rings. The molecular formula is C15H24N2O5S. The monoisotopic (exact) mass is 344 g/mol. The molecule has 0 radical (unpaired) electrons. The molecule has 0 aromatic heterocycles. The number of hydrogen-bond acceptors (Lipinski definition) is 5. The van der Waals surface area contributed by atoms with E-state index in [1.165, 1.54) is 12.1 Å². The van der Waals surface area contributed by atoms with Crippen molar-refractivity contribution in [1.82, 2.24) is 4.72 Å². The number of hydrogen-bond donors (Lipinski definition) is 3. The van der Waals surface area contributed by atoms with Gasteiger partial charge in [-0.2, -0.15) is 0 Å². The minimum Gasteiger partial charge on any atom is -0.478 e. The summed E-state index contributed by atoms with van der Waals surface area (Å²) in [4.78, 5) is 11.4. The van der Waals surface area contributed by atoms with Gasteiger partial charge in [-0.05, 0) is 38.5 Å². The molecule has 0 spiro atoms. The minimum absolute atomic E-state index is 0.0693. The van der Waals surface area contributed by atoms with Crippen molar-refractivity contribution < 1.29 is 23.1 Å². The van der Waals surface area contributed by atoms with E-state index in [1.54, 1.807) is 14.0 Å². The van der Waals surface area contributed by atoms with Crippen LogP contribution in [-0.2, 0) is 14.8 Å². The first-order valence-corrected chi connectivity index (χ1v) is 8.84. The van der Waals surface area contributed by atoms with E-state index in [1.807, 2.05) is 13.8 Å². The number of carboxylic acids is 1. The van der Waals surface area contributed by atoms with Crippen LogP contribution in [0.25, 0.3) is 0 Å². The van der Waals surface area contributed by atoms with Crippen LogP contribution >= 0.6 is 0 Å². The normalized spacial score (nSPS) is 14.3. The van der Waals surface area contributed by atoms with E-state index in [2.05, 4.69) is 10.0 Å². The molecule has 1 aromatic carbocycles. The van der Waals surface area contributed by atoms with Gasteiger partial charge in [0, 0.05) is 24.9 Å². The Balaban J connectivity index is 3.15. The molecule has 0 fully saturated rings. The highest BCUT2D eigenvalue weighted by Crippen LogP contribution is 2.22. The second-order valence-electron chi connectivity index (χ2n) is 5.44. The highest BCUT2D eigenvalue weighted by molar-refractivity contribution is 7.89. The maximum Gasteiger partial charge on any atom is 0.337 e. The Bertz CT molecular complexity index is 645. The lowest BCUT2D eigenvalue weighted by Gasteiger charge is -2.17. The lowest BCUT2D eigenvalue weighted by atomic mass is 10.1. The van der Waals surface area contributed by atoms with Crippen molar-refractivity contribution in [2.75, 3.05) is 19.0 Å². The Kier molecular flexibility index (Phi) is 6.99. The van der Waals surface area contributed by atoms with Crippen LogP contribution in [-0.4, -0.2) is 45.3 Å². The molecule has 1 aromatic rings. The summed E-state index contributed by atoms with van der Waals surface area (Å²) in [5.41, 5.74) is 0.254. The van der Waals surface area contributed by atoms with Crippen LogP contribution in [0, 0.1) is 0 Å². The van der Waals surface area contributed by atoms with E-state index in [0.29, 0.717) is 18.7 Å². The van der Waals surface area contributed by atoms with Gasteiger partial charge in [0.25, 0.3) is 0 Å². The van der Waals surface area contributed by atoms with Crippen molar-refractivity contribution >= 4 is 21.7 Å². The van der Waals surface area contributed by atoms with Crippen molar-refractivity contribution in [3.05, 3.63) is 23.8 Å². The van der Waals surface area contributed by atoms with Gasteiger partial charge in [-0.1, -0.05) is 6.92 Å². The average molecular weight is 344 g/mol. The third-order valence-corrected chi connectivity index (χ3v) is 4.91.